The number of hydrogen-bond donors (Lipinski definition) is 0. The topological polar surface area (TPSA) is 26.3 Å². The van der Waals surface area contributed by atoms with E-state index in [1.54, 1.807) is 0 Å². The molecule has 3 heterocycles. The largest absolute Gasteiger partial charge is 0.457 e. The van der Waals surface area contributed by atoms with E-state index in [0.717, 1.165) is 44.2 Å². The molecule has 0 spiro atoms. The van der Waals surface area contributed by atoms with Gasteiger partial charge in [0.25, 0.3) is 0 Å². The number of para-hydroxylation sites is 3. The zero-order valence-electron chi connectivity index (χ0n) is 18.9. The summed E-state index contributed by atoms with van der Waals surface area (Å²) in [5, 5.41) is 3.45. The van der Waals surface area contributed by atoms with Crippen molar-refractivity contribution in [2.75, 3.05) is 0 Å². The van der Waals surface area contributed by atoms with Gasteiger partial charge in [-0.3, -0.25) is 0 Å². The predicted octanol–water partition coefficient (Wildman–Crippen LogP) is 6.50. The van der Waals surface area contributed by atoms with Gasteiger partial charge >= 0.3 is 0 Å². The van der Waals surface area contributed by atoms with Gasteiger partial charge in [0.05, 0.1) is 0 Å². The van der Waals surface area contributed by atoms with Crippen molar-refractivity contribution >= 4 is 56.0 Å². The average Bonchev–Trinajstić information content (AvgIpc) is 3.46. The minimum absolute atomic E-state index is 0.00743. The van der Waals surface area contributed by atoms with Gasteiger partial charge < -0.3 is 8.83 Å². The molecule has 8 rings (SSSR count). The molecule has 1 aliphatic rings. The molecular weight excluding hydrogens is 427 g/mol. The lowest BCUT2D eigenvalue weighted by Gasteiger charge is -2.18. The lowest BCUT2D eigenvalue weighted by atomic mass is 9.35. The highest BCUT2D eigenvalue weighted by molar-refractivity contribution is 6.98. The van der Waals surface area contributed by atoms with Crippen molar-refractivity contribution in [3.05, 3.63) is 115 Å². The summed E-state index contributed by atoms with van der Waals surface area (Å²) in [7, 11) is 0. The van der Waals surface area contributed by atoms with Crippen LogP contribution in [-0.4, -0.2) is 6.71 Å². The summed E-state index contributed by atoms with van der Waals surface area (Å²) < 4.78 is 13.1. The minimum atomic E-state index is 0.00743. The number of hydrogen-bond acceptors (Lipinski definition) is 2. The zero-order valence-corrected chi connectivity index (χ0v) is 18.9. The van der Waals surface area contributed by atoms with Crippen molar-refractivity contribution in [3.8, 4) is 22.5 Å². The standard InChI is InChI=1S/C32H19BO2/c1-5-15-25-22(11-1)30-24-13-4-8-19-29(24)35-32(30)23-12-2-6-16-26(23)33(25)27-17-9-14-21-20-10-3-7-18-28(20)34-31(21)27/h1-19H. The molecule has 0 fully saturated rings. The van der Waals surface area contributed by atoms with E-state index < -0.39 is 0 Å². The molecule has 0 N–H and O–H groups in total. The summed E-state index contributed by atoms with van der Waals surface area (Å²) in [6.07, 6.45) is 0. The molecule has 2 aromatic heterocycles. The van der Waals surface area contributed by atoms with Crippen molar-refractivity contribution in [2.45, 2.75) is 0 Å². The van der Waals surface area contributed by atoms with Crippen LogP contribution < -0.4 is 16.4 Å². The molecule has 0 aliphatic carbocycles. The molecule has 162 valence electrons. The Labute approximate surface area is 202 Å². The Bertz CT molecular complexity index is 1920. The number of benzene rings is 5. The molecular formula is C32H19BO2. The van der Waals surface area contributed by atoms with Gasteiger partial charge in [0, 0.05) is 27.3 Å². The van der Waals surface area contributed by atoms with Crippen LogP contribution in [0.3, 0.4) is 0 Å². The lowest BCUT2D eigenvalue weighted by molar-refractivity contribution is 0.633. The lowest BCUT2D eigenvalue weighted by Crippen LogP contribution is -2.52. The second-order valence-electron chi connectivity index (χ2n) is 9.23. The first-order chi connectivity index (χ1) is 17.4. The van der Waals surface area contributed by atoms with Crippen LogP contribution in [0.5, 0.6) is 0 Å². The van der Waals surface area contributed by atoms with Crippen molar-refractivity contribution in [1.29, 1.82) is 0 Å². The van der Waals surface area contributed by atoms with Gasteiger partial charge in [-0.25, -0.2) is 0 Å². The summed E-state index contributed by atoms with van der Waals surface area (Å²) in [4.78, 5) is 0. The van der Waals surface area contributed by atoms with E-state index in [0.29, 0.717) is 0 Å². The maximum atomic E-state index is 6.55. The highest BCUT2D eigenvalue weighted by Crippen LogP contribution is 2.41. The van der Waals surface area contributed by atoms with Gasteiger partial charge in [-0.1, -0.05) is 114 Å². The van der Waals surface area contributed by atoms with Gasteiger partial charge in [-0.05, 0) is 23.2 Å². The fraction of sp³-hybridized carbons (Fsp3) is 0. The highest BCUT2D eigenvalue weighted by atomic mass is 16.3. The molecule has 1 aliphatic heterocycles. The maximum Gasteiger partial charge on any atom is 0.247 e. The fourth-order valence-electron chi connectivity index (χ4n) is 5.93. The van der Waals surface area contributed by atoms with Crippen LogP contribution in [-0.2, 0) is 0 Å². The second kappa shape index (κ2) is 7.00. The predicted molar refractivity (Wildman–Crippen MR) is 145 cm³/mol. The Hall–Kier alpha value is -4.50. The summed E-state index contributed by atoms with van der Waals surface area (Å²) in [6.45, 7) is 0.00743. The molecule has 0 saturated carbocycles. The van der Waals surface area contributed by atoms with E-state index in [1.807, 2.05) is 12.1 Å². The smallest absolute Gasteiger partial charge is 0.247 e. The average molecular weight is 446 g/mol. The fourth-order valence-corrected chi connectivity index (χ4v) is 5.93. The number of rotatable bonds is 1. The zero-order chi connectivity index (χ0) is 22.9. The van der Waals surface area contributed by atoms with E-state index in [2.05, 4.69) is 103 Å². The molecule has 0 amide bonds. The number of fused-ring (bicyclic) bond motifs is 10. The Morgan fingerprint density at radius 3 is 1.83 bits per heavy atom. The van der Waals surface area contributed by atoms with Gasteiger partial charge in [-0.15, -0.1) is 0 Å². The van der Waals surface area contributed by atoms with Crippen molar-refractivity contribution in [2.24, 2.45) is 0 Å². The van der Waals surface area contributed by atoms with E-state index in [1.165, 1.54) is 27.5 Å². The van der Waals surface area contributed by atoms with E-state index in [9.17, 15) is 0 Å². The Morgan fingerprint density at radius 1 is 0.429 bits per heavy atom. The molecule has 0 saturated heterocycles. The van der Waals surface area contributed by atoms with Crippen LogP contribution in [0, 0.1) is 0 Å². The molecule has 0 radical (unpaired) electrons. The van der Waals surface area contributed by atoms with Crippen LogP contribution >= 0.6 is 0 Å². The maximum absolute atomic E-state index is 6.55. The molecule has 7 aromatic rings. The molecule has 35 heavy (non-hydrogen) atoms. The first-order valence-corrected chi connectivity index (χ1v) is 12.0. The molecule has 2 nitrogen and oxygen atoms in total. The third-order valence-electron chi connectivity index (χ3n) is 7.40. The minimum Gasteiger partial charge on any atom is -0.457 e. The first-order valence-electron chi connectivity index (χ1n) is 12.0. The van der Waals surface area contributed by atoms with E-state index in [-0.39, 0.29) is 6.71 Å². The van der Waals surface area contributed by atoms with Crippen LogP contribution in [0.2, 0.25) is 0 Å². The SMILES string of the molecule is c1ccc2c(c1)B(c1cccc3c1oc1ccccc13)c1ccccc1-c1c-2oc2ccccc12. The Balaban J connectivity index is 1.53. The van der Waals surface area contributed by atoms with Gasteiger partial charge in [-0.2, -0.15) is 0 Å². The van der Waals surface area contributed by atoms with Gasteiger partial charge in [0.15, 0.2) is 0 Å². The van der Waals surface area contributed by atoms with E-state index in [4.69, 9.17) is 8.83 Å². The quantitative estimate of drug-likeness (QED) is 0.269. The second-order valence-corrected chi connectivity index (χ2v) is 9.23. The third-order valence-corrected chi connectivity index (χ3v) is 7.40. The first kappa shape index (κ1) is 18.9. The monoisotopic (exact) mass is 446 g/mol. The van der Waals surface area contributed by atoms with Crippen LogP contribution in [0.4, 0.5) is 0 Å². The normalized spacial score (nSPS) is 12.5. The number of furan rings is 2. The van der Waals surface area contributed by atoms with E-state index >= 15 is 0 Å². The van der Waals surface area contributed by atoms with Crippen molar-refractivity contribution in [1.82, 2.24) is 0 Å². The Morgan fingerprint density at radius 2 is 1.00 bits per heavy atom. The van der Waals surface area contributed by atoms with Crippen molar-refractivity contribution < 1.29 is 8.83 Å². The Kier molecular flexibility index (Phi) is 3.78. The molecule has 3 heteroatoms. The summed E-state index contributed by atoms with van der Waals surface area (Å²) >= 11 is 0. The molecule has 0 bridgehead atoms. The summed E-state index contributed by atoms with van der Waals surface area (Å²) in [6, 6.07) is 40.6. The highest BCUT2D eigenvalue weighted by Gasteiger charge is 2.35. The van der Waals surface area contributed by atoms with Gasteiger partial charge in [0.2, 0.25) is 6.71 Å². The van der Waals surface area contributed by atoms with Gasteiger partial charge in [0.1, 0.15) is 22.5 Å². The van der Waals surface area contributed by atoms with Crippen molar-refractivity contribution in [3.63, 3.8) is 0 Å². The van der Waals surface area contributed by atoms with Crippen LogP contribution in [0.1, 0.15) is 0 Å². The summed E-state index contributed by atoms with van der Waals surface area (Å²) in [5.41, 5.74) is 9.96. The molecule has 0 unspecified atom stereocenters. The third kappa shape index (κ3) is 2.55. The molecule has 0 atom stereocenters. The van der Waals surface area contributed by atoms with Crippen LogP contribution in [0.25, 0.3) is 55.4 Å². The van der Waals surface area contributed by atoms with Crippen LogP contribution in [0.15, 0.2) is 124 Å². The molecule has 5 aromatic carbocycles. The summed E-state index contributed by atoms with van der Waals surface area (Å²) in [5.74, 6) is 0.938.